The van der Waals surface area contributed by atoms with E-state index in [1.165, 1.54) is 6.21 Å². The first kappa shape index (κ1) is 9.57. The van der Waals surface area contributed by atoms with Crippen molar-refractivity contribution in [1.29, 1.82) is 0 Å². The van der Waals surface area contributed by atoms with Crippen molar-refractivity contribution in [3.63, 3.8) is 0 Å². The Morgan fingerprint density at radius 1 is 1.77 bits per heavy atom. The summed E-state index contributed by atoms with van der Waals surface area (Å²) in [5.74, 6) is 0.835. The van der Waals surface area contributed by atoms with Crippen molar-refractivity contribution < 1.29 is 5.21 Å². The third-order valence-electron chi connectivity index (χ3n) is 1.68. The van der Waals surface area contributed by atoms with Crippen molar-refractivity contribution in [2.45, 2.75) is 19.8 Å². The third-order valence-corrected chi connectivity index (χ3v) is 1.68. The van der Waals surface area contributed by atoms with Crippen LogP contribution in [0.2, 0.25) is 0 Å². The smallest absolute Gasteiger partial charge is 0.151 e. The Morgan fingerprint density at radius 3 is 3.31 bits per heavy atom. The molecule has 0 unspecified atom stereocenters. The minimum absolute atomic E-state index is 0.484. The lowest BCUT2D eigenvalue weighted by molar-refractivity contribution is 0.321. The largest absolute Gasteiger partial charge is 0.411 e. The molecule has 3 N–H and O–H groups in total. The molecule has 0 aromatic carbocycles. The molecule has 0 fully saturated rings. The normalized spacial score (nSPS) is 10.8. The first-order valence-electron chi connectivity index (χ1n) is 4.31. The number of aryl methyl sites for hydroxylation is 1. The molecule has 1 aromatic rings. The minimum atomic E-state index is 0.484. The standard InChI is InChI=1S/C8H14N4O/c1-2-3-7-6-10-12-8(7)9-4-5-11-13/h5-6,13H,2-4H2,1H3,(H2,9,10,12). The van der Waals surface area contributed by atoms with Gasteiger partial charge in [0.1, 0.15) is 0 Å². The second-order valence-electron chi connectivity index (χ2n) is 2.69. The fourth-order valence-corrected chi connectivity index (χ4v) is 1.11. The summed E-state index contributed by atoms with van der Waals surface area (Å²) < 4.78 is 0. The molecule has 0 aliphatic rings. The van der Waals surface area contributed by atoms with Crippen LogP contribution in [-0.2, 0) is 6.42 Å². The highest BCUT2D eigenvalue weighted by Crippen LogP contribution is 2.11. The molecule has 5 nitrogen and oxygen atoms in total. The monoisotopic (exact) mass is 182 g/mol. The molecule has 72 valence electrons. The molecule has 5 heteroatoms. The first-order valence-corrected chi connectivity index (χ1v) is 4.31. The molecule has 13 heavy (non-hydrogen) atoms. The van der Waals surface area contributed by atoms with Crippen molar-refractivity contribution >= 4 is 12.0 Å². The van der Waals surface area contributed by atoms with Crippen molar-refractivity contribution in [3.05, 3.63) is 11.8 Å². The predicted molar refractivity (Wildman–Crippen MR) is 51.4 cm³/mol. The van der Waals surface area contributed by atoms with Gasteiger partial charge in [0.2, 0.25) is 0 Å². The number of H-pyrrole nitrogens is 1. The maximum atomic E-state index is 8.17. The highest BCUT2D eigenvalue weighted by atomic mass is 16.4. The summed E-state index contributed by atoms with van der Waals surface area (Å²) in [4.78, 5) is 0. The number of nitrogens with one attached hydrogen (secondary N) is 2. The van der Waals surface area contributed by atoms with Crippen LogP contribution in [0.5, 0.6) is 0 Å². The third kappa shape index (κ3) is 2.77. The van der Waals surface area contributed by atoms with Gasteiger partial charge in [-0.3, -0.25) is 5.10 Å². The second-order valence-corrected chi connectivity index (χ2v) is 2.69. The number of aromatic nitrogens is 2. The molecular weight excluding hydrogens is 168 g/mol. The Bertz CT molecular complexity index is 269. The molecule has 0 spiro atoms. The number of nitrogens with zero attached hydrogens (tertiary/aromatic N) is 2. The van der Waals surface area contributed by atoms with Crippen LogP contribution in [0.15, 0.2) is 11.4 Å². The molecule has 0 atom stereocenters. The van der Waals surface area contributed by atoms with Gasteiger partial charge in [0.05, 0.1) is 12.8 Å². The molecule has 0 bridgehead atoms. The van der Waals surface area contributed by atoms with Crippen molar-refractivity contribution in [3.8, 4) is 0 Å². The van der Waals surface area contributed by atoms with E-state index in [2.05, 4.69) is 27.6 Å². The van der Waals surface area contributed by atoms with Crippen molar-refractivity contribution in [2.75, 3.05) is 11.9 Å². The van der Waals surface area contributed by atoms with Crippen LogP contribution in [0.25, 0.3) is 0 Å². The molecule has 1 heterocycles. The van der Waals surface area contributed by atoms with Gasteiger partial charge >= 0.3 is 0 Å². The molecular formula is C8H14N4O. The Morgan fingerprint density at radius 2 is 2.62 bits per heavy atom. The van der Waals surface area contributed by atoms with Crippen LogP contribution in [0.1, 0.15) is 18.9 Å². The van der Waals surface area contributed by atoms with Gasteiger partial charge in [0, 0.05) is 11.8 Å². The lowest BCUT2D eigenvalue weighted by Crippen LogP contribution is -2.04. The second kappa shape index (κ2) is 5.18. The zero-order valence-electron chi connectivity index (χ0n) is 7.62. The minimum Gasteiger partial charge on any atom is -0.411 e. The van der Waals surface area contributed by atoms with Gasteiger partial charge in [-0.2, -0.15) is 5.10 Å². The summed E-state index contributed by atoms with van der Waals surface area (Å²) in [6.45, 7) is 2.60. The topological polar surface area (TPSA) is 73.3 Å². The van der Waals surface area contributed by atoms with E-state index in [0.717, 1.165) is 24.2 Å². The van der Waals surface area contributed by atoms with Crippen LogP contribution in [-0.4, -0.2) is 28.2 Å². The summed E-state index contributed by atoms with van der Waals surface area (Å²) in [5, 5.41) is 20.9. The Hall–Kier alpha value is -1.52. The molecule has 1 aromatic heterocycles. The fraction of sp³-hybridized carbons (Fsp3) is 0.500. The summed E-state index contributed by atoms with van der Waals surface area (Å²) in [6.07, 6.45) is 5.34. The average molecular weight is 182 g/mol. The van der Waals surface area contributed by atoms with Crippen LogP contribution >= 0.6 is 0 Å². The number of hydrogen-bond donors (Lipinski definition) is 3. The van der Waals surface area contributed by atoms with E-state index in [-0.39, 0.29) is 0 Å². The van der Waals surface area contributed by atoms with Crippen LogP contribution in [0.3, 0.4) is 0 Å². The lowest BCUT2D eigenvalue weighted by atomic mass is 10.2. The van der Waals surface area contributed by atoms with E-state index >= 15 is 0 Å². The van der Waals surface area contributed by atoms with Crippen LogP contribution < -0.4 is 5.32 Å². The Labute approximate surface area is 76.8 Å². The van der Waals surface area contributed by atoms with E-state index in [0.29, 0.717) is 6.54 Å². The highest BCUT2D eigenvalue weighted by Gasteiger charge is 2.02. The average Bonchev–Trinajstić information content (AvgIpc) is 2.54. The van der Waals surface area contributed by atoms with Gasteiger partial charge in [-0.05, 0) is 6.42 Å². The van der Waals surface area contributed by atoms with Crippen molar-refractivity contribution in [2.24, 2.45) is 5.16 Å². The van der Waals surface area contributed by atoms with Gasteiger partial charge in [-0.1, -0.05) is 13.3 Å². The first-order chi connectivity index (χ1) is 6.38. The fourth-order valence-electron chi connectivity index (χ4n) is 1.11. The van der Waals surface area contributed by atoms with Gasteiger partial charge in [-0.15, -0.1) is 5.16 Å². The lowest BCUT2D eigenvalue weighted by Gasteiger charge is -2.00. The maximum Gasteiger partial charge on any atom is 0.151 e. The molecule has 1 rings (SSSR count). The van der Waals surface area contributed by atoms with Gasteiger partial charge < -0.3 is 10.5 Å². The van der Waals surface area contributed by atoms with E-state index in [4.69, 9.17) is 5.21 Å². The molecule has 0 aliphatic heterocycles. The summed E-state index contributed by atoms with van der Waals surface area (Å²) in [5.41, 5.74) is 1.16. The van der Waals surface area contributed by atoms with E-state index in [1.54, 1.807) is 0 Å². The molecule has 0 saturated heterocycles. The van der Waals surface area contributed by atoms with E-state index in [9.17, 15) is 0 Å². The Kier molecular flexibility index (Phi) is 3.81. The van der Waals surface area contributed by atoms with Crippen LogP contribution in [0.4, 0.5) is 5.82 Å². The number of anilines is 1. The van der Waals surface area contributed by atoms with Gasteiger partial charge in [0.15, 0.2) is 5.82 Å². The van der Waals surface area contributed by atoms with Gasteiger partial charge in [0.25, 0.3) is 0 Å². The molecule has 0 aliphatic carbocycles. The number of rotatable bonds is 5. The predicted octanol–water partition coefficient (Wildman–Crippen LogP) is 1.23. The van der Waals surface area contributed by atoms with Crippen LogP contribution in [0, 0.1) is 0 Å². The summed E-state index contributed by atoms with van der Waals surface area (Å²) in [7, 11) is 0. The quantitative estimate of drug-likeness (QED) is 0.364. The number of hydrogen-bond acceptors (Lipinski definition) is 4. The zero-order valence-corrected chi connectivity index (χ0v) is 7.62. The Balaban J connectivity index is 2.49. The molecule has 0 amide bonds. The summed E-state index contributed by atoms with van der Waals surface area (Å²) in [6, 6.07) is 0. The van der Waals surface area contributed by atoms with Crippen molar-refractivity contribution in [1.82, 2.24) is 10.2 Å². The molecule has 0 radical (unpaired) electrons. The van der Waals surface area contributed by atoms with E-state index in [1.807, 2.05) is 6.20 Å². The molecule has 0 saturated carbocycles. The van der Waals surface area contributed by atoms with E-state index < -0.39 is 0 Å². The highest BCUT2D eigenvalue weighted by molar-refractivity contribution is 5.63. The zero-order chi connectivity index (χ0) is 9.52. The SMILES string of the molecule is CCCc1c[nH]nc1NCC=NO. The number of aromatic amines is 1. The number of oxime groups is 1. The summed E-state index contributed by atoms with van der Waals surface area (Å²) >= 11 is 0. The van der Waals surface area contributed by atoms with Gasteiger partial charge in [-0.25, -0.2) is 0 Å². The maximum absolute atomic E-state index is 8.17.